The minimum Gasteiger partial charge on any atom is -0.355 e. The second kappa shape index (κ2) is 8.92. The molecule has 0 atom stereocenters. The smallest absolute Gasteiger partial charge is 0.0658 e. The van der Waals surface area contributed by atoms with Crippen LogP contribution >= 0.6 is 0 Å². The molecule has 5 heterocycles. The third-order valence-corrected chi connectivity index (χ3v) is 7.83. The average Bonchev–Trinajstić information content (AvgIpc) is 3.79. The van der Waals surface area contributed by atoms with E-state index in [4.69, 9.17) is 9.97 Å². The Hall–Kier alpha value is -5.22. The summed E-state index contributed by atoms with van der Waals surface area (Å²) in [4.78, 5) is 13.3. The van der Waals surface area contributed by atoms with Crippen LogP contribution in [0.15, 0.2) is 91.0 Å². The maximum Gasteiger partial charge on any atom is 0.0658 e. The van der Waals surface area contributed by atoms with Crippen molar-refractivity contribution in [1.29, 1.82) is 0 Å². The zero-order chi connectivity index (χ0) is 26.6. The summed E-state index contributed by atoms with van der Waals surface area (Å²) in [6.45, 7) is 2.06. The van der Waals surface area contributed by atoms with Crippen molar-refractivity contribution in [3.8, 4) is 22.3 Å². The molecule has 0 fully saturated rings. The summed E-state index contributed by atoms with van der Waals surface area (Å²) in [5.41, 5.74) is 15.8. The van der Waals surface area contributed by atoms with Crippen LogP contribution in [0.25, 0.3) is 74.8 Å². The molecule has 3 aliphatic rings. The van der Waals surface area contributed by atoms with Crippen molar-refractivity contribution in [2.45, 2.75) is 13.3 Å². The summed E-state index contributed by atoms with van der Waals surface area (Å²) >= 11 is 0. The fourth-order valence-corrected chi connectivity index (χ4v) is 6.08. The highest BCUT2D eigenvalue weighted by Gasteiger charge is 2.22. The van der Waals surface area contributed by atoms with Crippen molar-refractivity contribution >= 4 is 52.6 Å². The SMILES string of the molecule is CC=Cn1c2cc3nc(cc4ccc(cc5nc(cc1c(-c1cccc6c1Cc1ccccc1-6)c2)C=C5)[nH]4)C=C3. The fraction of sp³-hybridized carbons (Fsp3) is 0.0556. The molecule has 0 amide bonds. The second-order valence-corrected chi connectivity index (χ2v) is 10.4. The third kappa shape index (κ3) is 3.76. The number of hydrogen-bond acceptors (Lipinski definition) is 2. The largest absolute Gasteiger partial charge is 0.355 e. The maximum atomic E-state index is 4.96. The first-order valence-electron chi connectivity index (χ1n) is 13.7. The molecule has 40 heavy (non-hydrogen) atoms. The van der Waals surface area contributed by atoms with E-state index in [0.717, 1.165) is 51.3 Å². The van der Waals surface area contributed by atoms with Crippen molar-refractivity contribution < 1.29 is 0 Å². The average molecular weight is 515 g/mol. The van der Waals surface area contributed by atoms with Gasteiger partial charge in [-0.05, 0) is 108 Å². The third-order valence-electron chi connectivity index (χ3n) is 7.83. The van der Waals surface area contributed by atoms with Crippen molar-refractivity contribution in [1.82, 2.24) is 19.5 Å². The van der Waals surface area contributed by atoms with Gasteiger partial charge in [-0.1, -0.05) is 48.5 Å². The molecule has 0 spiro atoms. The number of hydrogen-bond donors (Lipinski definition) is 1. The van der Waals surface area contributed by atoms with Gasteiger partial charge in [0.15, 0.2) is 0 Å². The van der Waals surface area contributed by atoms with Crippen molar-refractivity contribution in [3.63, 3.8) is 0 Å². The van der Waals surface area contributed by atoms with Crippen molar-refractivity contribution in [2.24, 2.45) is 0 Å². The quantitative estimate of drug-likeness (QED) is 0.250. The molecule has 5 aromatic rings. The number of rotatable bonds is 2. The number of aromatic nitrogens is 4. The van der Waals surface area contributed by atoms with E-state index in [2.05, 4.69) is 138 Å². The van der Waals surface area contributed by atoms with Crippen LogP contribution in [0.4, 0.5) is 0 Å². The molecule has 1 aliphatic carbocycles. The highest BCUT2D eigenvalue weighted by atomic mass is 15.0. The van der Waals surface area contributed by atoms with Gasteiger partial charge in [-0.3, -0.25) is 0 Å². The van der Waals surface area contributed by atoms with Crippen LogP contribution in [-0.2, 0) is 6.42 Å². The van der Waals surface area contributed by atoms with Gasteiger partial charge < -0.3 is 9.55 Å². The molecule has 2 aliphatic heterocycles. The van der Waals surface area contributed by atoms with Crippen LogP contribution in [0.1, 0.15) is 40.8 Å². The molecule has 8 bridgehead atoms. The molecule has 4 nitrogen and oxygen atoms in total. The van der Waals surface area contributed by atoms with Crippen molar-refractivity contribution in [2.75, 3.05) is 0 Å². The number of nitrogens with zero attached hydrogens (tertiary/aromatic N) is 3. The number of allylic oxidation sites excluding steroid dienone is 1. The summed E-state index contributed by atoms with van der Waals surface area (Å²) in [7, 11) is 0. The zero-order valence-corrected chi connectivity index (χ0v) is 22.1. The molecular weight excluding hydrogens is 488 g/mol. The molecule has 4 heteroatoms. The van der Waals surface area contributed by atoms with Crippen LogP contribution < -0.4 is 0 Å². The number of aromatic amines is 1. The Morgan fingerprint density at radius 2 is 1.27 bits per heavy atom. The summed E-state index contributed by atoms with van der Waals surface area (Å²) < 4.78 is 2.26. The van der Waals surface area contributed by atoms with Crippen LogP contribution in [0, 0.1) is 0 Å². The Bertz CT molecular complexity index is 2100. The van der Waals surface area contributed by atoms with Gasteiger partial charge in [-0.2, -0.15) is 0 Å². The molecule has 0 saturated heterocycles. The normalized spacial score (nSPS) is 13.2. The van der Waals surface area contributed by atoms with E-state index in [1.807, 2.05) is 0 Å². The maximum absolute atomic E-state index is 4.96. The van der Waals surface area contributed by atoms with E-state index in [1.54, 1.807) is 0 Å². The Labute approximate surface area is 232 Å². The second-order valence-electron chi connectivity index (χ2n) is 10.4. The lowest BCUT2D eigenvalue weighted by Gasteiger charge is -2.08. The summed E-state index contributed by atoms with van der Waals surface area (Å²) in [5, 5.41) is 0. The highest BCUT2D eigenvalue weighted by molar-refractivity contribution is 5.95. The first kappa shape index (κ1) is 22.7. The lowest BCUT2D eigenvalue weighted by Crippen LogP contribution is -1.89. The van der Waals surface area contributed by atoms with Gasteiger partial charge in [-0.15, -0.1) is 0 Å². The van der Waals surface area contributed by atoms with Gasteiger partial charge in [-0.25, -0.2) is 9.97 Å². The molecule has 0 radical (unpaired) electrons. The Kier molecular flexibility index (Phi) is 5.07. The van der Waals surface area contributed by atoms with E-state index in [0.29, 0.717) is 0 Å². The van der Waals surface area contributed by atoms with Crippen LogP contribution in [0.2, 0.25) is 0 Å². The number of nitrogens with one attached hydrogen (secondary N) is 1. The predicted molar refractivity (Wildman–Crippen MR) is 167 cm³/mol. The van der Waals surface area contributed by atoms with Gasteiger partial charge in [0, 0.05) is 28.3 Å². The topological polar surface area (TPSA) is 46.5 Å². The summed E-state index contributed by atoms with van der Waals surface area (Å²) in [6.07, 6.45) is 13.5. The van der Waals surface area contributed by atoms with Gasteiger partial charge >= 0.3 is 0 Å². The molecule has 2 aromatic carbocycles. The molecule has 1 N–H and O–H groups in total. The van der Waals surface area contributed by atoms with Crippen LogP contribution in [0.3, 0.4) is 0 Å². The fourth-order valence-electron chi connectivity index (χ4n) is 6.08. The van der Waals surface area contributed by atoms with Crippen LogP contribution in [-0.4, -0.2) is 19.5 Å². The Morgan fingerprint density at radius 3 is 2.00 bits per heavy atom. The Balaban J connectivity index is 1.47. The highest BCUT2D eigenvalue weighted by Crippen LogP contribution is 2.43. The van der Waals surface area contributed by atoms with Gasteiger partial charge in [0.25, 0.3) is 0 Å². The lowest BCUT2D eigenvalue weighted by molar-refractivity contribution is 1.25. The van der Waals surface area contributed by atoms with Crippen LogP contribution in [0.5, 0.6) is 0 Å². The van der Waals surface area contributed by atoms with Crippen molar-refractivity contribution in [3.05, 3.63) is 125 Å². The molecule has 8 rings (SSSR count). The van der Waals surface area contributed by atoms with Gasteiger partial charge in [0.2, 0.25) is 0 Å². The number of H-pyrrole nitrogens is 1. The van der Waals surface area contributed by atoms with E-state index in [1.165, 1.54) is 33.4 Å². The Morgan fingerprint density at radius 1 is 0.650 bits per heavy atom. The summed E-state index contributed by atoms with van der Waals surface area (Å²) in [6, 6.07) is 30.4. The monoisotopic (exact) mass is 514 g/mol. The molecule has 0 saturated carbocycles. The zero-order valence-electron chi connectivity index (χ0n) is 22.1. The standard InChI is InChI=1S/C36H26N4/c1-2-16-40-30-20-28-14-12-26(38-28)18-24-10-11-25(37-24)19-27-13-15-29(39-27)21-36(40)35(22-30)33-9-5-8-32-31-7-4-3-6-23(31)17-34(32)33/h2-16,18-22,37H,17H2,1H3. The first-order chi connectivity index (χ1) is 19.7. The molecule has 3 aromatic heterocycles. The minimum absolute atomic E-state index is 0.925. The molecule has 190 valence electrons. The minimum atomic E-state index is 0.925. The summed E-state index contributed by atoms with van der Waals surface area (Å²) in [5.74, 6) is 0. The van der Waals surface area contributed by atoms with Gasteiger partial charge in [0.1, 0.15) is 0 Å². The van der Waals surface area contributed by atoms with E-state index < -0.39 is 0 Å². The molecule has 0 unspecified atom stereocenters. The number of benzene rings is 2. The van der Waals surface area contributed by atoms with Gasteiger partial charge in [0.05, 0.1) is 28.3 Å². The lowest BCUT2D eigenvalue weighted by atomic mass is 9.96. The predicted octanol–water partition coefficient (Wildman–Crippen LogP) is 8.86. The molecular formula is C36H26N4. The van der Waals surface area contributed by atoms with E-state index in [-0.39, 0.29) is 0 Å². The first-order valence-corrected chi connectivity index (χ1v) is 13.7. The van der Waals surface area contributed by atoms with E-state index >= 15 is 0 Å². The number of fused-ring (bicyclic) bond motifs is 11. The van der Waals surface area contributed by atoms with E-state index in [9.17, 15) is 0 Å².